The van der Waals surface area contributed by atoms with E-state index >= 15 is 0 Å². The second kappa shape index (κ2) is 7.59. The quantitative estimate of drug-likeness (QED) is 0.844. The van der Waals surface area contributed by atoms with Gasteiger partial charge in [0.05, 0.1) is 6.54 Å². The van der Waals surface area contributed by atoms with E-state index < -0.39 is 0 Å². The molecule has 1 aromatic heterocycles. The van der Waals surface area contributed by atoms with Crippen molar-refractivity contribution < 1.29 is 9.53 Å². The van der Waals surface area contributed by atoms with E-state index in [0.29, 0.717) is 19.6 Å². The van der Waals surface area contributed by atoms with E-state index in [4.69, 9.17) is 10.00 Å². The van der Waals surface area contributed by atoms with Gasteiger partial charge in [0.1, 0.15) is 12.2 Å². The van der Waals surface area contributed by atoms with Crippen LogP contribution in [0.15, 0.2) is 12.4 Å². The van der Waals surface area contributed by atoms with Gasteiger partial charge in [0.15, 0.2) is 0 Å². The summed E-state index contributed by atoms with van der Waals surface area (Å²) in [7, 11) is 0. The van der Waals surface area contributed by atoms with Crippen molar-refractivity contribution in [3.63, 3.8) is 0 Å². The smallest absolute Gasteiger partial charge is 0.320 e. The minimum atomic E-state index is -0.155. The number of rotatable bonds is 4. The average Bonchev–Trinajstić information content (AvgIpc) is 2.56. The van der Waals surface area contributed by atoms with Gasteiger partial charge in [-0.05, 0) is 26.7 Å². The summed E-state index contributed by atoms with van der Waals surface area (Å²) < 4.78 is 5.80. The number of piperidine rings is 1. The summed E-state index contributed by atoms with van der Waals surface area (Å²) in [5.74, 6) is 0.243. The Morgan fingerprint density at radius 2 is 2.18 bits per heavy atom. The van der Waals surface area contributed by atoms with E-state index in [2.05, 4.69) is 9.97 Å². The minimum Gasteiger partial charge on any atom is -0.470 e. The van der Waals surface area contributed by atoms with Crippen LogP contribution < -0.4 is 4.74 Å². The molecule has 1 aliphatic heterocycles. The SMILES string of the molecule is CCN(CC)C(=O)N1CCCC(Oc2nccnc2C#N)C1. The third-order valence-electron chi connectivity index (χ3n) is 3.73. The lowest BCUT2D eigenvalue weighted by molar-refractivity contribution is 0.0832. The minimum absolute atomic E-state index is 0.0398. The number of aromatic nitrogens is 2. The van der Waals surface area contributed by atoms with Crippen LogP contribution in [-0.4, -0.2) is 58.1 Å². The van der Waals surface area contributed by atoms with Gasteiger partial charge in [0, 0.05) is 32.0 Å². The zero-order chi connectivity index (χ0) is 15.9. The molecule has 2 heterocycles. The fraction of sp³-hybridized carbons (Fsp3) is 0.600. The second-order valence-electron chi connectivity index (χ2n) is 5.10. The molecule has 0 spiro atoms. The Hall–Kier alpha value is -2.36. The molecule has 0 bridgehead atoms. The number of hydrogen-bond donors (Lipinski definition) is 0. The molecule has 0 radical (unpaired) electrons. The summed E-state index contributed by atoms with van der Waals surface area (Å²) in [5.41, 5.74) is 0.176. The zero-order valence-electron chi connectivity index (χ0n) is 13.0. The van der Waals surface area contributed by atoms with Gasteiger partial charge >= 0.3 is 6.03 Å². The molecule has 1 aliphatic rings. The molecule has 0 aliphatic carbocycles. The van der Waals surface area contributed by atoms with Crippen molar-refractivity contribution in [1.82, 2.24) is 19.8 Å². The molecule has 1 fully saturated rings. The lowest BCUT2D eigenvalue weighted by atomic mass is 10.1. The molecule has 1 unspecified atom stereocenters. The van der Waals surface area contributed by atoms with Crippen molar-refractivity contribution in [2.24, 2.45) is 0 Å². The third-order valence-corrected chi connectivity index (χ3v) is 3.73. The number of urea groups is 1. The summed E-state index contributed by atoms with van der Waals surface area (Å²) >= 11 is 0. The maximum atomic E-state index is 12.4. The number of likely N-dealkylation sites (tertiary alicyclic amines) is 1. The van der Waals surface area contributed by atoms with E-state index in [-0.39, 0.29) is 23.7 Å². The maximum Gasteiger partial charge on any atom is 0.320 e. The van der Waals surface area contributed by atoms with Crippen LogP contribution in [0.5, 0.6) is 5.88 Å². The molecule has 22 heavy (non-hydrogen) atoms. The van der Waals surface area contributed by atoms with Crippen molar-refractivity contribution in [3.05, 3.63) is 18.1 Å². The van der Waals surface area contributed by atoms with E-state index in [9.17, 15) is 4.79 Å². The molecule has 0 N–H and O–H groups in total. The highest BCUT2D eigenvalue weighted by atomic mass is 16.5. The van der Waals surface area contributed by atoms with E-state index in [1.807, 2.05) is 24.8 Å². The number of amides is 2. The third kappa shape index (κ3) is 3.64. The highest BCUT2D eigenvalue weighted by Crippen LogP contribution is 2.19. The van der Waals surface area contributed by atoms with Gasteiger partial charge in [-0.25, -0.2) is 14.8 Å². The molecule has 1 atom stereocenters. The van der Waals surface area contributed by atoms with Crippen LogP contribution >= 0.6 is 0 Å². The fourth-order valence-corrected chi connectivity index (χ4v) is 2.55. The number of ether oxygens (including phenoxy) is 1. The summed E-state index contributed by atoms with van der Waals surface area (Å²) in [5, 5.41) is 9.02. The van der Waals surface area contributed by atoms with Crippen molar-refractivity contribution >= 4 is 6.03 Å². The molecule has 2 amide bonds. The first-order valence-electron chi connectivity index (χ1n) is 7.61. The van der Waals surface area contributed by atoms with Crippen molar-refractivity contribution in [2.75, 3.05) is 26.2 Å². The standard InChI is InChI=1S/C15H21N5O2/c1-3-19(4-2)15(21)20-9-5-6-12(11-20)22-14-13(10-16)17-7-8-18-14/h7-8,12H,3-6,9,11H2,1-2H3. The van der Waals surface area contributed by atoms with Crippen molar-refractivity contribution in [1.29, 1.82) is 5.26 Å². The Kier molecular flexibility index (Phi) is 5.53. The van der Waals surface area contributed by atoms with Crippen molar-refractivity contribution in [3.8, 4) is 11.9 Å². The van der Waals surface area contributed by atoms with Gasteiger partial charge in [-0.15, -0.1) is 0 Å². The molecule has 1 saturated heterocycles. The molecular formula is C15H21N5O2. The fourth-order valence-electron chi connectivity index (χ4n) is 2.55. The predicted molar refractivity (Wildman–Crippen MR) is 80.3 cm³/mol. The first-order valence-corrected chi connectivity index (χ1v) is 7.61. The molecule has 7 heteroatoms. The Balaban J connectivity index is 2.02. The molecule has 0 saturated carbocycles. The summed E-state index contributed by atoms with van der Waals surface area (Å²) in [6.07, 6.45) is 4.51. The Bertz CT molecular complexity index is 553. The van der Waals surface area contributed by atoms with Crippen LogP contribution in [0, 0.1) is 11.3 Å². The zero-order valence-corrected chi connectivity index (χ0v) is 13.0. The van der Waals surface area contributed by atoms with Crippen LogP contribution in [0.3, 0.4) is 0 Å². The summed E-state index contributed by atoms with van der Waals surface area (Å²) in [6, 6.07) is 2.01. The Morgan fingerprint density at radius 3 is 2.86 bits per heavy atom. The van der Waals surface area contributed by atoms with Crippen LogP contribution in [0.1, 0.15) is 32.4 Å². The van der Waals surface area contributed by atoms with Gasteiger partial charge in [0.25, 0.3) is 5.88 Å². The second-order valence-corrected chi connectivity index (χ2v) is 5.10. The van der Waals surface area contributed by atoms with Crippen LogP contribution in [0.25, 0.3) is 0 Å². The summed E-state index contributed by atoms with van der Waals surface area (Å²) in [4.78, 5) is 24.0. The van der Waals surface area contributed by atoms with Crippen molar-refractivity contribution in [2.45, 2.75) is 32.8 Å². The maximum absolute atomic E-state index is 12.4. The molecule has 1 aromatic rings. The highest BCUT2D eigenvalue weighted by molar-refractivity contribution is 5.74. The Morgan fingerprint density at radius 1 is 1.45 bits per heavy atom. The van der Waals surface area contributed by atoms with Gasteiger partial charge in [-0.1, -0.05) is 0 Å². The largest absolute Gasteiger partial charge is 0.470 e. The molecule has 2 rings (SSSR count). The first-order chi connectivity index (χ1) is 10.7. The highest BCUT2D eigenvalue weighted by Gasteiger charge is 2.27. The lowest BCUT2D eigenvalue weighted by Gasteiger charge is -2.35. The van der Waals surface area contributed by atoms with Gasteiger partial charge in [0.2, 0.25) is 5.69 Å². The van der Waals surface area contributed by atoms with Crippen LogP contribution in [0.2, 0.25) is 0 Å². The van der Waals surface area contributed by atoms with Gasteiger partial charge in [-0.2, -0.15) is 5.26 Å². The van der Waals surface area contributed by atoms with Crippen LogP contribution in [-0.2, 0) is 0 Å². The lowest BCUT2D eigenvalue weighted by Crippen LogP contribution is -2.50. The normalized spacial score (nSPS) is 17.7. The van der Waals surface area contributed by atoms with Gasteiger partial charge < -0.3 is 14.5 Å². The first kappa shape index (κ1) is 16.0. The molecule has 118 valence electrons. The van der Waals surface area contributed by atoms with Gasteiger partial charge in [-0.3, -0.25) is 0 Å². The van der Waals surface area contributed by atoms with E-state index in [0.717, 1.165) is 19.4 Å². The number of nitriles is 1. The summed E-state index contributed by atoms with van der Waals surface area (Å²) in [6.45, 7) is 6.58. The number of carbonyl (C=O) groups excluding carboxylic acids is 1. The monoisotopic (exact) mass is 303 g/mol. The average molecular weight is 303 g/mol. The number of nitrogens with zero attached hydrogens (tertiary/aromatic N) is 5. The molecular weight excluding hydrogens is 282 g/mol. The van der Waals surface area contributed by atoms with E-state index in [1.54, 1.807) is 4.90 Å². The topological polar surface area (TPSA) is 82.3 Å². The molecule has 7 nitrogen and oxygen atoms in total. The number of hydrogen-bond acceptors (Lipinski definition) is 5. The Labute approximate surface area is 130 Å². The van der Waals surface area contributed by atoms with E-state index in [1.165, 1.54) is 12.4 Å². The van der Waals surface area contributed by atoms with Crippen LogP contribution in [0.4, 0.5) is 4.79 Å². The number of carbonyl (C=O) groups is 1. The molecule has 0 aromatic carbocycles. The predicted octanol–water partition coefficient (Wildman–Crippen LogP) is 1.65.